The first-order valence-electron chi connectivity index (χ1n) is 10.4. The van der Waals surface area contributed by atoms with Gasteiger partial charge in [0.15, 0.2) is 5.96 Å². The fourth-order valence-electron chi connectivity index (χ4n) is 3.36. The summed E-state index contributed by atoms with van der Waals surface area (Å²) in [5.74, 6) is 1.58. The van der Waals surface area contributed by atoms with Crippen LogP contribution in [0.1, 0.15) is 25.5 Å². The Labute approximate surface area is 178 Å². The zero-order chi connectivity index (χ0) is 21.4. The Kier molecular flexibility index (Phi) is 7.87. The second-order valence-corrected chi connectivity index (χ2v) is 9.86. The molecule has 1 fully saturated rings. The second-order valence-electron chi connectivity index (χ2n) is 7.60. The van der Waals surface area contributed by atoms with Crippen LogP contribution in [0.15, 0.2) is 46.0 Å². The summed E-state index contributed by atoms with van der Waals surface area (Å²) in [6, 6.07) is 10.1. The fraction of sp³-hybridized carbons (Fsp3) is 0.524. The fourth-order valence-corrected chi connectivity index (χ4v) is 3.95. The summed E-state index contributed by atoms with van der Waals surface area (Å²) in [5, 5.41) is 6.78. The van der Waals surface area contributed by atoms with Gasteiger partial charge in [0.1, 0.15) is 21.8 Å². The first kappa shape index (κ1) is 22.3. The minimum atomic E-state index is -2.91. The van der Waals surface area contributed by atoms with Crippen molar-refractivity contribution in [1.29, 1.82) is 0 Å². The van der Waals surface area contributed by atoms with E-state index < -0.39 is 9.84 Å². The molecule has 0 unspecified atom stereocenters. The van der Waals surface area contributed by atoms with Crippen molar-refractivity contribution in [3.05, 3.63) is 42.3 Å². The predicted octanol–water partition coefficient (Wildman–Crippen LogP) is 1.91. The lowest BCUT2D eigenvalue weighted by atomic mass is 10.1. The largest absolute Gasteiger partial charge is 0.444 e. The number of aliphatic imine (C=N–C) groups is 1. The Morgan fingerprint density at radius 2 is 2.00 bits per heavy atom. The predicted molar refractivity (Wildman–Crippen MR) is 119 cm³/mol. The summed E-state index contributed by atoms with van der Waals surface area (Å²) in [6.07, 6.45) is 4.85. The molecule has 0 saturated carbocycles. The van der Waals surface area contributed by atoms with Gasteiger partial charge >= 0.3 is 0 Å². The van der Waals surface area contributed by atoms with Crippen molar-refractivity contribution in [2.75, 3.05) is 38.2 Å². The van der Waals surface area contributed by atoms with Crippen molar-refractivity contribution < 1.29 is 12.8 Å². The molecule has 0 bridgehead atoms. The van der Waals surface area contributed by atoms with Gasteiger partial charge in [0.05, 0.1) is 12.3 Å². The number of sulfone groups is 1. The molecule has 1 aliphatic heterocycles. The topological polar surface area (TPSA) is 99.8 Å². The van der Waals surface area contributed by atoms with Gasteiger partial charge in [-0.15, -0.1) is 0 Å². The molecule has 0 radical (unpaired) electrons. The number of nitrogens with zero attached hydrogens (tertiary/aromatic N) is 3. The van der Waals surface area contributed by atoms with Gasteiger partial charge in [0.2, 0.25) is 5.89 Å². The van der Waals surface area contributed by atoms with E-state index in [1.165, 1.54) is 6.26 Å². The molecule has 164 valence electrons. The zero-order valence-corrected chi connectivity index (χ0v) is 18.5. The highest BCUT2D eigenvalue weighted by Crippen LogP contribution is 2.18. The average molecular weight is 434 g/mol. The van der Waals surface area contributed by atoms with Gasteiger partial charge in [-0.1, -0.05) is 18.2 Å². The maximum absolute atomic E-state index is 11.4. The molecule has 2 aromatic rings. The van der Waals surface area contributed by atoms with Crippen LogP contribution in [-0.4, -0.2) is 68.5 Å². The Morgan fingerprint density at radius 3 is 2.67 bits per heavy atom. The minimum Gasteiger partial charge on any atom is -0.444 e. The van der Waals surface area contributed by atoms with Crippen molar-refractivity contribution >= 4 is 15.8 Å². The molecule has 2 heterocycles. The standard InChI is InChI=1S/C21H31N5O3S/c1-3-22-21(25-18-9-11-26(12-10-18)13-14-30(2,27)28)23-15-19-16-29-20(24-19)17-7-5-4-6-8-17/h4-8,16,18H,3,9-15H2,1-2H3,(H2,22,23,25). The molecule has 3 rings (SSSR count). The highest BCUT2D eigenvalue weighted by molar-refractivity contribution is 7.90. The van der Waals surface area contributed by atoms with Gasteiger partial charge in [-0.05, 0) is 31.9 Å². The molecule has 2 N–H and O–H groups in total. The van der Waals surface area contributed by atoms with Crippen LogP contribution in [0.4, 0.5) is 0 Å². The van der Waals surface area contributed by atoms with Crippen LogP contribution in [0.25, 0.3) is 11.5 Å². The van der Waals surface area contributed by atoms with Crippen LogP contribution < -0.4 is 10.6 Å². The number of rotatable bonds is 8. The highest BCUT2D eigenvalue weighted by Gasteiger charge is 2.20. The van der Waals surface area contributed by atoms with E-state index in [0.29, 0.717) is 25.0 Å². The quantitative estimate of drug-likeness (QED) is 0.484. The average Bonchev–Trinajstić information content (AvgIpc) is 3.21. The first-order valence-corrected chi connectivity index (χ1v) is 12.4. The van der Waals surface area contributed by atoms with Crippen molar-refractivity contribution in [3.8, 4) is 11.5 Å². The smallest absolute Gasteiger partial charge is 0.226 e. The Bertz CT molecular complexity index is 919. The number of oxazole rings is 1. The molecule has 1 aromatic heterocycles. The Balaban J connectivity index is 1.51. The Morgan fingerprint density at radius 1 is 1.27 bits per heavy atom. The molecule has 0 amide bonds. The van der Waals surface area contributed by atoms with Crippen LogP contribution in [0, 0.1) is 0 Å². The molecule has 1 aliphatic rings. The number of guanidine groups is 1. The molecule has 1 aromatic carbocycles. The van der Waals surface area contributed by atoms with E-state index in [0.717, 1.165) is 49.7 Å². The maximum Gasteiger partial charge on any atom is 0.226 e. The SMILES string of the molecule is CCNC(=NCc1coc(-c2ccccc2)n1)NC1CCN(CCS(C)(=O)=O)CC1. The number of benzene rings is 1. The van der Waals surface area contributed by atoms with Gasteiger partial charge < -0.3 is 20.0 Å². The van der Waals surface area contributed by atoms with Gasteiger partial charge in [-0.3, -0.25) is 0 Å². The number of nitrogens with one attached hydrogen (secondary N) is 2. The lowest BCUT2D eigenvalue weighted by molar-refractivity contribution is 0.216. The number of aromatic nitrogens is 1. The van der Waals surface area contributed by atoms with E-state index >= 15 is 0 Å². The molecule has 8 nitrogen and oxygen atoms in total. The molecular formula is C21H31N5O3S. The summed E-state index contributed by atoms with van der Waals surface area (Å²) < 4.78 is 28.3. The van der Waals surface area contributed by atoms with E-state index in [2.05, 4.69) is 25.5 Å². The number of piperidine rings is 1. The van der Waals surface area contributed by atoms with Gasteiger partial charge in [-0.2, -0.15) is 0 Å². The van der Waals surface area contributed by atoms with Crippen molar-refractivity contribution in [2.45, 2.75) is 32.4 Å². The summed E-state index contributed by atoms with van der Waals surface area (Å²) in [5.41, 5.74) is 1.72. The normalized spacial score (nSPS) is 16.5. The van der Waals surface area contributed by atoms with E-state index in [1.54, 1.807) is 6.26 Å². The van der Waals surface area contributed by atoms with Crippen LogP contribution in [-0.2, 0) is 16.4 Å². The van der Waals surface area contributed by atoms with E-state index in [1.807, 2.05) is 37.3 Å². The lowest BCUT2D eigenvalue weighted by Crippen LogP contribution is -2.49. The zero-order valence-electron chi connectivity index (χ0n) is 17.7. The Hall–Kier alpha value is -2.39. The third kappa shape index (κ3) is 7.14. The van der Waals surface area contributed by atoms with E-state index in [-0.39, 0.29) is 5.75 Å². The number of hydrogen-bond acceptors (Lipinski definition) is 6. The van der Waals surface area contributed by atoms with Gasteiger partial charge in [-0.25, -0.2) is 18.4 Å². The van der Waals surface area contributed by atoms with E-state index in [4.69, 9.17) is 4.42 Å². The van der Waals surface area contributed by atoms with Gasteiger partial charge in [0, 0.05) is 44.0 Å². The minimum absolute atomic E-state index is 0.220. The third-order valence-corrected chi connectivity index (χ3v) is 5.95. The van der Waals surface area contributed by atoms with Gasteiger partial charge in [0.25, 0.3) is 0 Å². The van der Waals surface area contributed by atoms with Crippen LogP contribution in [0.5, 0.6) is 0 Å². The summed E-state index contributed by atoms with van der Waals surface area (Å²) in [7, 11) is -2.91. The molecule has 9 heteroatoms. The summed E-state index contributed by atoms with van der Waals surface area (Å²) in [6.45, 7) is 5.61. The highest BCUT2D eigenvalue weighted by atomic mass is 32.2. The van der Waals surface area contributed by atoms with Crippen molar-refractivity contribution in [2.24, 2.45) is 4.99 Å². The monoisotopic (exact) mass is 433 g/mol. The number of hydrogen-bond donors (Lipinski definition) is 2. The maximum atomic E-state index is 11.4. The molecule has 1 saturated heterocycles. The van der Waals surface area contributed by atoms with Crippen LogP contribution in [0.2, 0.25) is 0 Å². The molecule has 0 atom stereocenters. The number of likely N-dealkylation sites (tertiary alicyclic amines) is 1. The van der Waals surface area contributed by atoms with Crippen molar-refractivity contribution in [3.63, 3.8) is 0 Å². The second kappa shape index (κ2) is 10.6. The molecule has 0 spiro atoms. The van der Waals surface area contributed by atoms with Crippen molar-refractivity contribution in [1.82, 2.24) is 20.5 Å². The lowest BCUT2D eigenvalue weighted by Gasteiger charge is -2.32. The summed E-state index contributed by atoms with van der Waals surface area (Å²) in [4.78, 5) is 11.4. The van der Waals surface area contributed by atoms with E-state index in [9.17, 15) is 8.42 Å². The molecule has 30 heavy (non-hydrogen) atoms. The molecular weight excluding hydrogens is 402 g/mol. The van der Waals surface area contributed by atoms with Crippen LogP contribution in [0.3, 0.4) is 0 Å². The van der Waals surface area contributed by atoms with Crippen LogP contribution >= 0.6 is 0 Å². The first-order chi connectivity index (χ1) is 14.4. The molecule has 0 aliphatic carbocycles. The summed E-state index contributed by atoms with van der Waals surface area (Å²) >= 11 is 0. The third-order valence-electron chi connectivity index (χ3n) is 5.02.